The zero-order valence-electron chi connectivity index (χ0n) is 9.88. The standard InChI is InChI=1S/C11H14N6/c1-12-10-5-8(9-6-13-16-17(9)2)14-11(15-10)7-3-4-7/h5-7H,3-4H2,1-2H3,(H,12,14,15). The van der Waals surface area contributed by atoms with Crippen molar-refractivity contribution in [2.24, 2.45) is 7.05 Å². The monoisotopic (exact) mass is 230 g/mol. The van der Waals surface area contributed by atoms with Gasteiger partial charge in [0.25, 0.3) is 0 Å². The van der Waals surface area contributed by atoms with Crippen molar-refractivity contribution in [2.45, 2.75) is 18.8 Å². The van der Waals surface area contributed by atoms with Crippen LogP contribution in [0.1, 0.15) is 24.6 Å². The SMILES string of the molecule is CNc1cc(-c2cnnn2C)nc(C2CC2)n1. The molecule has 0 atom stereocenters. The van der Waals surface area contributed by atoms with E-state index in [1.165, 1.54) is 12.8 Å². The Labute approximate surface area is 99.1 Å². The van der Waals surface area contributed by atoms with Gasteiger partial charge in [-0.25, -0.2) is 14.6 Å². The van der Waals surface area contributed by atoms with Crippen molar-refractivity contribution in [3.63, 3.8) is 0 Å². The quantitative estimate of drug-likeness (QED) is 0.857. The second-order valence-electron chi connectivity index (χ2n) is 4.26. The lowest BCUT2D eigenvalue weighted by Gasteiger charge is -2.06. The second-order valence-corrected chi connectivity index (χ2v) is 4.26. The molecule has 6 heteroatoms. The molecule has 2 aromatic heterocycles. The first-order valence-electron chi connectivity index (χ1n) is 5.69. The van der Waals surface area contributed by atoms with E-state index < -0.39 is 0 Å². The molecule has 2 heterocycles. The summed E-state index contributed by atoms with van der Waals surface area (Å²) in [4.78, 5) is 9.08. The summed E-state index contributed by atoms with van der Waals surface area (Å²) in [6.07, 6.45) is 4.10. The van der Waals surface area contributed by atoms with Gasteiger partial charge in [0.15, 0.2) is 0 Å². The van der Waals surface area contributed by atoms with Crippen LogP contribution in [-0.2, 0) is 7.05 Å². The molecule has 0 radical (unpaired) electrons. The number of rotatable bonds is 3. The summed E-state index contributed by atoms with van der Waals surface area (Å²) < 4.78 is 1.72. The van der Waals surface area contributed by atoms with Crippen molar-refractivity contribution >= 4 is 5.82 Å². The van der Waals surface area contributed by atoms with Crippen LogP contribution in [0, 0.1) is 0 Å². The molecule has 0 bridgehead atoms. The van der Waals surface area contributed by atoms with Crippen LogP contribution >= 0.6 is 0 Å². The maximum atomic E-state index is 4.59. The predicted molar refractivity (Wildman–Crippen MR) is 63.6 cm³/mol. The maximum absolute atomic E-state index is 4.59. The van der Waals surface area contributed by atoms with Crippen molar-refractivity contribution in [2.75, 3.05) is 12.4 Å². The third-order valence-electron chi connectivity index (χ3n) is 2.92. The van der Waals surface area contributed by atoms with Gasteiger partial charge in [0.05, 0.1) is 11.9 Å². The van der Waals surface area contributed by atoms with Gasteiger partial charge in [-0.15, -0.1) is 5.10 Å². The van der Waals surface area contributed by atoms with E-state index in [4.69, 9.17) is 0 Å². The van der Waals surface area contributed by atoms with Gasteiger partial charge < -0.3 is 5.32 Å². The van der Waals surface area contributed by atoms with Crippen molar-refractivity contribution in [1.82, 2.24) is 25.0 Å². The van der Waals surface area contributed by atoms with Crippen molar-refractivity contribution in [3.8, 4) is 11.4 Å². The Bertz CT molecular complexity index is 543. The number of aryl methyl sites for hydroxylation is 1. The van der Waals surface area contributed by atoms with E-state index in [-0.39, 0.29) is 0 Å². The molecule has 2 aromatic rings. The van der Waals surface area contributed by atoms with Gasteiger partial charge in [0.2, 0.25) is 0 Å². The third-order valence-corrected chi connectivity index (χ3v) is 2.92. The number of hydrogen-bond acceptors (Lipinski definition) is 5. The predicted octanol–water partition coefficient (Wildman–Crippen LogP) is 1.19. The Hall–Kier alpha value is -1.98. The molecule has 1 N–H and O–H groups in total. The number of anilines is 1. The maximum Gasteiger partial charge on any atom is 0.134 e. The van der Waals surface area contributed by atoms with E-state index in [2.05, 4.69) is 25.6 Å². The van der Waals surface area contributed by atoms with E-state index in [1.807, 2.05) is 20.2 Å². The summed E-state index contributed by atoms with van der Waals surface area (Å²) in [6, 6.07) is 1.92. The van der Waals surface area contributed by atoms with Crippen molar-refractivity contribution < 1.29 is 0 Å². The molecule has 1 fully saturated rings. The minimum atomic E-state index is 0.531. The van der Waals surface area contributed by atoms with Gasteiger partial charge in [-0.3, -0.25) is 0 Å². The number of aromatic nitrogens is 5. The van der Waals surface area contributed by atoms with Gasteiger partial charge in [-0.1, -0.05) is 5.21 Å². The lowest BCUT2D eigenvalue weighted by molar-refractivity contribution is 0.718. The zero-order chi connectivity index (χ0) is 11.8. The Morgan fingerprint density at radius 2 is 2.18 bits per heavy atom. The van der Waals surface area contributed by atoms with E-state index in [9.17, 15) is 0 Å². The summed E-state index contributed by atoms with van der Waals surface area (Å²) in [5, 5.41) is 10.9. The average Bonchev–Trinajstić information content (AvgIpc) is 3.11. The first-order valence-corrected chi connectivity index (χ1v) is 5.69. The number of hydrogen-bond donors (Lipinski definition) is 1. The number of nitrogens with one attached hydrogen (secondary N) is 1. The molecular formula is C11H14N6. The van der Waals surface area contributed by atoms with Crippen molar-refractivity contribution in [1.29, 1.82) is 0 Å². The molecule has 1 saturated carbocycles. The molecule has 0 amide bonds. The van der Waals surface area contributed by atoms with Crippen LogP contribution in [0.2, 0.25) is 0 Å². The third kappa shape index (κ3) is 1.86. The Kier molecular flexibility index (Phi) is 2.28. The summed E-state index contributed by atoms with van der Waals surface area (Å²) in [6.45, 7) is 0. The second kappa shape index (κ2) is 3.80. The summed E-state index contributed by atoms with van der Waals surface area (Å²) >= 11 is 0. The highest BCUT2D eigenvalue weighted by Crippen LogP contribution is 2.39. The molecule has 17 heavy (non-hydrogen) atoms. The molecule has 0 saturated heterocycles. The summed E-state index contributed by atoms with van der Waals surface area (Å²) in [5.41, 5.74) is 1.78. The largest absolute Gasteiger partial charge is 0.373 e. The van der Waals surface area contributed by atoms with E-state index >= 15 is 0 Å². The minimum absolute atomic E-state index is 0.531. The fraction of sp³-hybridized carbons (Fsp3) is 0.455. The first-order chi connectivity index (χ1) is 8.28. The molecule has 0 aliphatic heterocycles. The Morgan fingerprint density at radius 1 is 1.35 bits per heavy atom. The fourth-order valence-electron chi connectivity index (χ4n) is 1.77. The molecule has 0 spiro atoms. The number of nitrogens with zero attached hydrogens (tertiary/aromatic N) is 5. The minimum Gasteiger partial charge on any atom is -0.373 e. The van der Waals surface area contributed by atoms with E-state index in [0.717, 1.165) is 23.0 Å². The van der Waals surface area contributed by atoms with Crippen LogP contribution in [0.15, 0.2) is 12.3 Å². The van der Waals surface area contributed by atoms with Crippen molar-refractivity contribution in [3.05, 3.63) is 18.1 Å². The van der Waals surface area contributed by atoms with Gasteiger partial charge >= 0.3 is 0 Å². The van der Waals surface area contributed by atoms with Gasteiger partial charge in [0.1, 0.15) is 17.3 Å². The average molecular weight is 230 g/mol. The smallest absolute Gasteiger partial charge is 0.134 e. The van der Waals surface area contributed by atoms with Crippen LogP contribution < -0.4 is 5.32 Å². The van der Waals surface area contributed by atoms with Gasteiger partial charge in [-0.05, 0) is 12.8 Å². The van der Waals surface area contributed by atoms with Crippen LogP contribution in [-0.4, -0.2) is 32.0 Å². The molecule has 0 aromatic carbocycles. The van der Waals surface area contributed by atoms with E-state index in [0.29, 0.717) is 5.92 Å². The summed E-state index contributed by atoms with van der Waals surface area (Å²) in [7, 11) is 3.73. The zero-order valence-corrected chi connectivity index (χ0v) is 9.88. The molecule has 1 aliphatic rings. The van der Waals surface area contributed by atoms with E-state index in [1.54, 1.807) is 10.9 Å². The van der Waals surface area contributed by atoms with Crippen LogP contribution in [0.25, 0.3) is 11.4 Å². The molecule has 88 valence electrons. The molecular weight excluding hydrogens is 216 g/mol. The Balaban J connectivity index is 2.09. The lowest BCUT2D eigenvalue weighted by atomic mass is 10.3. The van der Waals surface area contributed by atoms with Gasteiger partial charge in [0, 0.05) is 26.1 Å². The highest BCUT2D eigenvalue weighted by Gasteiger charge is 2.27. The van der Waals surface area contributed by atoms with Gasteiger partial charge in [-0.2, -0.15) is 0 Å². The topological polar surface area (TPSA) is 68.5 Å². The normalized spacial score (nSPS) is 14.9. The first kappa shape index (κ1) is 10.2. The molecule has 6 nitrogen and oxygen atoms in total. The highest BCUT2D eigenvalue weighted by atomic mass is 15.4. The Morgan fingerprint density at radius 3 is 2.76 bits per heavy atom. The highest BCUT2D eigenvalue weighted by molar-refractivity contribution is 5.58. The van der Waals surface area contributed by atoms with Crippen LogP contribution in [0.4, 0.5) is 5.82 Å². The molecule has 1 aliphatic carbocycles. The fourth-order valence-corrected chi connectivity index (χ4v) is 1.77. The molecule has 0 unspecified atom stereocenters. The van der Waals surface area contributed by atoms with Crippen LogP contribution in [0.3, 0.4) is 0 Å². The molecule has 3 rings (SSSR count). The van der Waals surface area contributed by atoms with Crippen LogP contribution in [0.5, 0.6) is 0 Å². The lowest BCUT2D eigenvalue weighted by Crippen LogP contribution is -2.03. The summed E-state index contributed by atoms with van der Waals surface area (Å²) in [5.74, 6) is 2.30.